The summed E-state index contributed by atoms with van der Waals surface area (Å²) in [6, 6.07) is 18.8. The van der Waals surface area contributed by atoms with Gasteiger partial charge in [-0.1, -0.05) is 42.5 Å². The third-order valence-electron chi connectivity index (χ3n) is 6.12. The van der Waals surface area contributed by atoms with Crippen LogP contribution in [-0.4, -0.2) is 9.97 Å². The molecule has 1 unspecified atom stereocenters. The van der Waals surface area contributed by atoms with Crippen molar-refractivity contribution < 1.29 is 4.74 Å². The van der Waals surface area contributed by atoms with E-state index in [2.05, 4.69) is 41.4 Å². The van der Waals surface area contributed by atoms with E-state index in [0.717, 1.165) is 52.1 Å². The number of benzene rings is 2. The van der Waals surface area contributed by atoms with E-state index in [0.29, 0.717) is 5.88 Å². The minimum atomic E-state index is -0.00734. The maximum atomic E-state index is 6.77. The quantitative estimate of drug-likeness (QED) is 0.422. The first-order valence-corrected chi connectivity index (χ1v) is 9.96. The van der Waals surface area contributed by atoms with Crippen LogP contribution >= 0.6 is 0 Å². The number of fused-ring (bicyclic) bond motifs is 5. The van der Waals surface area contributed by atoms with Crippen molar-refractivity contribution >= 4 is 16.6 Å². The summed E-state index contributed by atoms with van der Waals surface area (Å²) < 4.78 is 6.41. The number of hydrogen-bond acceptors (Lipinski definition) is 3. The zero-order valence-electron chi connectivity index (χ0n) is 15.5. The highest BCUT2D eigenvalue weighted by molar-refractivity contribution is 5.90. The number of aromatic amines is 1. The standard InChI is InChI=1S/C24H21N3O/c25-21-15-10-4-6-12-17(15)27-24-20(21)19(14-8-2-1-3-9-14)22-23(28-24)16-11-5-7-13-18(16)26-22/h1-3,5,7-9,11,13,19,26H,4,6,10,12H2,(H2,25,27). The van der Waals surface area contributed by atoms with Crippen LogP contribution < -0.4 is 10.5 Å². The summed E-state index contributed by atoms with van der Waals surface area (Å²) in [6.45, 7) is 0. The van der Waals surface area contributed by atoms with Gasteiger partial charge in [0.15, 0.2) is 5.75 Å². The number of nitrogens with two attached hydrogens (primary N) is 1. The number of nitrogens with zero attached hydrogens (tertiary/aromatic N) is 1. The fraction of sp³-hybridized carbons (Fsp3) is 0.208. The van der Waals surface area contributed by atoms with Crippen LogP contribution in [0.5, 0.6) is 11.6 Å². The second-order valence-corrected chi connectivity index (χ2v) is 7.74. The zero-order valence-corrected chi connectivity index (χ0v) is 15.5. The van der Waals surface area contributed by atoms with Gasteiger partial charge >= 0.3 is 0 Å². The van der Waals surface area contributed by atoms with Crippen LogP contribution in [0.3, 0.4) is 0 Å². The molecule has 3 heterocycles. The third kappa shape index (κ3) is 2.15. The normalized spacial score (nSPS) is 17.5. The summed E-state index contributed by atoms with van der Waals surface area (Å²) in [5.74, 6) is 1.54. The Labute approximate surface area is 163 Å². The van der Waals surface area contributed by atoms with Gasteiger partial charge in [-0.05, 0) is 48.9 Å². The number of ether oxygens (including phenoxy) is 1. The first-order chi connectivity index (χ1) is 13.8. The maximum absolute atomic E-state index is 6.77. The molecule has 138 valence electrons. The average molecular weight is 367 g/mol. The van der Waals surface area contributed by atoms with Crippen molar-refractivity contribution in [3.8, 4) is 11.6 Å². The van der Waals surface area contributed by atoms with E-state index in [1.54, 1.807) is 0 Å². The largest absolute Gasteiger partial charge is 0.436 e. The predicted octanol–water partition coefficient (Wildman–Crippen LogP) is 5.31. The fourth-order valence-electron chi connectivity index (χ4n) is 4.79. The second-order valence-electron chi connectivity index (χ2n) is 7.74. The molecule has 3 N–H and O–H groups in total. The molecule has 4 heteroatoms. The van der Waals surface area contributed by atoms with Gasteiger partial charge in [-0.2, -0.15) is 0 Å². The SMILES string of the molecule is Nc1c2c(nc3c1C(c1ccccc1)c1[nH]c4ccccc4c1O3)CCCC2. The molecule has 6 rings (SSSR count). The summed E-state index contributed by atoms with van der Waals surface area (Å²) in [5, 5.41) is 1.09. The molecule has 0 amide bonds. The highest BCUT2D eigenvalue weighted by Gasteiger charge is 2.36. The maximum Gasteiger partial charge on any atom is 0.225 e. The molecule has 0 fully saturated rings. The first-order valence-electron chi connectivity index (χ1n) is 9.96. The van der Waals surface area contributed by atoms with E-state index in [4.69, 9.17) is 15.5 Å². The number of rotatable bonds is 1. The van der Waals surface area contributed by atoms with Gasteiger partial charge in [-0.3, -0.25) is 0 Å². The summed E-state index contributed by atoms with van der Waals surface area (Å²) in [6.07, 6.45) is 4.32. The summed E-state index contributed by atoms with van der Waals surface area (Å²) >= 11 is 0. The smallest absolute Gasteiger partial charge is 0.225 e. The molecule has 0 saturated carbocycles. The van der Waals surface area contributed by atoms with Gasteiger partial charge in [0.25, 0.3) is 0 Å². The molecular weight excluding hydrogens is 346 g/mol. The van der Waals surface area contributed by atoms with Crippen LogP contribution in [0.15, 0.2) is 54.6 Å². The highest BCUT2D eigenvalue weighted by atomic mass is 16.5. The number of H-pyrrole nitrogens is 1. The van der Waals surface area contributed by atoms with E-state index < -0.39 is 0 Å². The Bertz CT molecular complexity index is 1210. The van der Waals surface area contributed by atoms with E-state index in [1.165, 1.54) is 24.0 Å². The van der Waals surface area contributed by atoms with Gasteiger partial charge in [-0.25, -0.2) is 4.98 Å². The zero-order chi connectivity index (χ0) is 18.7. The van der Waals surface area contributed by atoms with Crippen LogP contribution in [0.25, 0.3) is 10.9 Å². The minimum absolute atomic E-state index is 0.00734. The molecule has 1 aliphatic heterocycles. The summed E-state index contributed by atoms with van der Waals surface area (Å²) in [7, 11) is 0. The minimum Gasteiger partial charge on any atom is -0.436 e. The van der Waals surface area contributed by atoms with Gasteiger partial charge in [-0.15, -0.1) is 0 Å². The fourth-order valence-corrected chi connectivity index (χ4v) is 4.79. The van der Waals surface area contributed by atoms with E-state index in [1.807, 2.05) is 18.2 Å². The number of nitrogen functional groups attached to an aromatic ring is 1. The Morgan fingerprint density at radius 2 is 1.75 bits per heavy atom. The summed E-state index contributed by atoms with van der Waals surface area (Å²) in [4.78, 5) is 8.56. The number of anilines is 1. The van der Waals surface area contributed by atoms with Crippen molar-refractivity contribution in [1.29, 1.82) is 0 Å². The van der Waals surface area contributed by atoms with Crippen molar-refractivity contribution in [2.24, 2.45) is 0 Å². The number of nitrogens with one attached hydrogen (secondary N) is 1. The Kier molecular flexibility index (Phi) is 3.30. The highest BCUT2D eigenvalue weighted by Crippen LogP contribution is 2.52. The van der Waals surface area contributed by atoms with Gasteiger partial charge in [0.05, 0.1) is 17.2 Å². The number of para-hydroxylation sites is 1. The number of aryl methyl sites for hydroxylation is 1. The van der Waals surface area contributed by atoms with Crippen LogP contribution in [-0.2, 0) is 12.8 Å². The van der Waals surface area contributed by atoms with Crippen LogP contribution in [0, 0.1) is 0 Å². The van der Waals surface area contributed by atoms with E-state index >= 15 is 0 Å². The topological polar surface area (TPSA) is 63.9 Å². The monoisotopic (exact) mass is 367 g/mol. The molecular formula is C24H21N3O. The molecule has 4 nitrogen and oxygen atoms in total. The van der Waals surface area contributed by atoms with Crippen LogP contribution in [0.1, 0.15) is 46.8 Å². The Hall–Kier alpha value is -3.27. The lowest BCUT2D eigenvalue weighted by molar-refractivity contribution is 0.433. The van der Waals surface area contributed by atoms with Gasteiger partial charge in [0.1, 0.15) is 0 Å². The molecule has 28 heavy (non-hydrogen) atoms. The molecule has 1 aliphatic carbocycles. The lowest BCUT2D eigenvalue weighted by atomic mass is 9.83. The van der Waals surface area contributed by atoms with Gasteiger partial charge in [0, 0.05) is 22.3 Å². The Balaban J connectivity index is 1.68. The molecule has 2 aliphatic rings. The van der Waals surface area contributed by atoms with Crippen LogP contribution in [0.2, 0.25) is 0 Å². The van der Waals surface area contributed by atoms with Crippen molar-refractivity contribution in [3.63, 3.8) is 0 Å². The number of aromatic nitrogens is 2. The van der Waals surface area contributed by atoms with E-state index in [9.17, 15) is 0 Å². The Morgan fingerprint density at radius 3 is 2.64 bits per heavy atom. The molecule has 2 aromatic heterocycles. The molecule has 4 aromatic rings. The Morgan fingerprint density at radius 1 is 0.964 bits per heavy atom. The number of hydrogen-bond donors (Lipinski definition) is 2. The second kappa shape index (κ2) is 5.86. The molecule has 0 spiro atoms. The van der Waals surface area contributed by atoms with Crippen molar-refractivity contribution in [2.75, 3.05) is 5.73 Å². The molecule has 2 aromatic carbocycles. The van der Waals surface area contributed by atoms with Gasteiger partial charge in [0.2, 0.25) is 5.88 Å². The van der Waals surface area contributed by atoms with Crippen molar-refractivity contribution in [2.45, 2.75) is 31.6 Å². The lowest BCUT2D eigenvalue weighted by Crippen LogP contribution is -2.19. The molecule has 0 bridgehead atoms. The number of pyridine rings is 1. The predicted molar refractivity (Wildman–Crippen MR) is 111 cm³/mol. The van der Waals surface area contributed by atoms with Gasteiger partial charge < -0.3 is 15.5 Å². The molecule has 0 radical (unpaired) electrons. The lowest BCUT2D eigenvalue weighted by Gasteiger charge is -2.30. The van der Waals surface area contributed by atoms with Crippen molar-refractivity contribution in [1.82, 2.24) is 9.97 Å². The summed E-state index contributed by atoms with van der Waals surface area (Å²) in [5.41, 5.74) is 14.3. The third-order valence-corrected chi connectivity index (χ3v) is 6.12. The van der Waals surface area contributed by atoms with Crippen molar-refractivity contribution in [3.05, 3.63) is 82.7 Å². The average Bonchev–Trinajstić information content (AvgIpc) is 3.11. The van der Waals surface area contributed by atoms with Crippen LogP contribution in [0.4, 0.5) is 5.69 Å². The molecule has 0 saturated heterocycles. The molecule has 1 atom stereocenters. The van der Waals surface area contributed by atoms with E-state index in [-0.39, 0.29) is 5.92 Å². The first kappa shape index (κ1) is 15.8.